The number of piperidine rings is 1. The fraction of sp³-hybridized carbons (Fsp3) is 0.389. The molecule has 2 saturated heterocycles. The molecule has 2 unspecified atom stereocenters. The summed E-state index contributed by atoms with van der Waals surface area (Å²) in [6.45, 7) is 0. The number of hydrogen-bond donors (Lipinski definition) is 2. The third-order valence-corrected chi connectivity index (χ3v) is 5.08. The molecule has 0 spiro atoms. The van der Waals surface area contributed by atoms with E-state index in [-0.39, 0.29) is 23.9 Å². The van der Waals surface area contributed by atoms with Crippen LogP contribution in [-0.4, -0.2) is 28.1 Å². The molecule has 6 heteroatoms. The van der Waals surface area contributed by atoms with Crippen molar-refractivity contribution in [2.45, 2.75) is 43.4 Å². The van der Waals surface area contributed by atoms with E-state index in [0.717, 1.165) is 12.8 Å². The third-order valence-electron chi connectivity index (χ3n) is 5.08. The largest absolute Gasteiger partial charge is 0.466 e. The van der Waals surface area contributed by atoms with Gasteiger partial charge in [-0.15, -0.1) is 0 Å². The van der Waals surface area contributed by atoms with Crippen LogP contribution < -0.4 is 5.32 Å². The molecule has 2 atom stereocenters. The summed E-state index contributed by atoms with van der Waals surface area (Å²) in [6, 6.07) is 9.01. The molecule has 2 fully saturated rings. The molecule has 2 aromatic rings. The molecule has 24 heavy (non-hydrogen) atoms. The molecule has 2 aliphatic rings. The number of nitrogens with one attached hydrogen (secondary N) is 1. The molecular weight excluding hydrogens is 311 g/mol. The lowest BCUT2D eigenvalue weighted by Gasteiger charge is -2.42. The molecule has 4 rings (SSSR count). The van der Waals surface area contributed by atoms with E-state index < -0.39 is 5.60 Å². The number of furan rings is 1. The van der Waals surface area contributed by atoms with Crippen LogP contribution in [-0.2, 0) is 5.60 Å². The number of halogens is 1. The first-order valence-corrected chi connectivity index (χ1v) is 8.16. The lowest BCUT2D eigenvalue weighted by Crippen LogP contribution is -2.53. The van der Waals surface area contributed by atoms with Gasteiger partial charge in [0.25, 0.3) is 0 Å². The molecule has 0 aliphatic carbocycles. The quantitative estimate of drug-likeness (QED) is 0.886. The van der Waals surface area contributed by atoms with Crippen LogP contribution in [0, 0.1) is 5.82 Å². The molecule has 2 N–H and O–H groups in total. The van der Waals surface area contributed by atoms with Gasteiger partial charge in [0.2, 0.25) is 0 Å². The van der Waals surface area contributed by atoms with Crippen molar-refractivity contribution in [3.63, 3.8) is 0 Å². The number of benzene rings is 1. The first-order chi connectivity index (χ1) is 11.5. The zero-order valence-corrected chi connectivity index (χ0v) is 13.1. The van der Waals surface area contributed by atoms with Gasteiger partial charge in [-0.25, -0.2) is 9.18 Å². The Balaban J connectivity index is 1.50. The van der Waals surface area contributed by atoms with E-state index in [1.807, 2.05) is 4.90 Å². The summed E-state index contributed by atoms with van der Waals surface area (Å²) < 4.78 is 18.4. The number of nitrogens with zero attached hydrogens (tertiary/aromatic N) is 1. The SMILES string of the molecule is O=C(Nc1ccc(F)cc1)N1C2CCC1CC(O)(c1ccco1)C2. The smallest absolute Gasteiger partial charge is 0.322 e. The van der Waals surface area contributed by atoms with Crippen LogP contribution in [0.1, 0.15) is 31.4 Å². The molecule has 1 aromatic heterocycles. The van der Waals surface area contributed by atoms with Crippen molar-refractivity contribution in [1.82, 2.24) is 4.90 Å². The van der Waals surface area contributed by atoms with Crippen LogP contribution in [0.5, 0.6) is 0 Å². The Labute approximate surface area is 139 Å². The van der Waals surface area contributed by atoms with Crippen molar-refractivity contribution in [1.29, 1.82) is 0 Å². The molecule has 0 saturated carbocycles. The summed E-state index contributed by atoms with van der Waals surface area (Å²) in [7, 11) is 0. The van der Waals surface area contributed by atoms with Gasteiger partial charge in [-0.2, -0.15) is 0 Å². The van der Waals surface area contributed by atoms with Gasteiger partial charge < -0.3 is 19.7 Å². The summed E-state index contributed by atoms with van der Waals surface area (Å²) in [4.78, 5) is 14.4. The van der Waals surface area contributed by atoms with Crippen molar-refractivity contribution < 1.29 is 18.7 Å². The van der Waals surface area contributed by atoms with E-state index in [4.69, 9.17) is 4.42 Å². The van der Waals surface area contributed by atoms with E-state index in [1.165, 1.54) is 24.3 Å². The average molecular weight is 330 g/mol. The highest BCUT2D eigenvalue weighted by Gasteiger charge is 2.51. The Bertz CT molecular complexity index is 715. The van der Waals surface area contributed by atoms with Gasteiger partial charge in [0, 0.05) is 30.6 Å². The first kappa shape index (κ1) is 15.2. The second-order valence-corrected chi connectivity index (χ2v) is 6.65. The number of rotatable bonds is 2. The number of anilines is 1. The highest BCUT2D eigenvalue weighted by atomic mass is 19.1. The molecule has 2 aliphatic heterocycles. The van der Waals surface area contributed by atoms with Crippen molar-refractivity contribution in [2.75, 3.05) is 5.32 Å². The Morgan fingerprint density at radius 1 is 1.21 bits per heavy atom. The normalized spacial score (nSPS) is 28.8. The van der Waals surface area contributed by atoms with Crippen molar-refractivity contribution in [3.05, 3.63) is 54.2 Å². The van der Waals surface area contributed by atoms with E-state index in [9.17, 15) is 14.3 Å². The summed E-state index contributed by atoms with van der Waals surface area (Å²) in [5.74, 6) is 0.229. The van der Waals surface area contributed by atoms with Gasteiger partial charge in [0.1, 0.15) is 17.2 Å². The minimum absolute atomic E-state index is 0.0284. The lowest BCUT2D eigenvalue weighted by molar-refractivity contribution is -0.0571. The zero-order chi connectivity index (χ0) is 16.7. The third kappa shape index (κ3) is 2.57. The number of aliphatic hydroxyl groups is 1. The molecule has 2 amide bonds. The van der Waals surface area contributed by atoms with Crippen LogP contribution in [0.3, 0.4) is 0 Å². The molecule has 5 nitrogen and oxygen atoms in total. The van der Waals surface area contributed by atoms with Crippen LogP contribution in [0.2, 0.25) is 0 Å². The van der Waals surface area contributed by atoms with Gasteiger partial charge in [-0.1, -0.05) is 0 Å². The number of urea groups is 1. The standard InChI is InChI=1S/C18H19FN2O3/c19-12-3-5-13(6-4-12)20-17(22)21-14-7-8-15(21)11-18(23,10-14)16-2-1-9-24-16/h1-6,9,14-15,23H,7-8,10-11H2,(H,20,22). The van der Waals surface area contributed by atoms with Crippen molar-refractivity contribution in [3.8, 4) is 0 Å². The molecule has 1 aromatic carbocycles. The summed E-state index contributed by atoms with van der Waals surface area (Å²) in [5.41, 5.74) is -0.449. The van der Waals surface area contributed by atoms with Gasteiger partial charge >= 0.3 is 6.03 Å². The minimum atomic E-state index is -1.01. The van der Waals surface area contributed by atoms with Crippen LogP contribution in [0.4, 0.5) is 14.9 Å². The Kier molecular flexibility index (Phi) is 3.57. The highest BCUT2D eigenvalue weighted by molar-refractivity contribution is 5.90. The number of amides is 2. The molecule has 3 heterocycles. The number of hydrogen-bond acceptors (Lipinski definition) is 3. The highest BCUT2D eigenvalue weighted by Crippen LogP contribution is 2.45. The number of carbonyl (C=O) groups excluding carboxylic acids is 1. The van der Waals surface area contributed by atoms with E-state index in [2.05, 4.69) is 5.32 Å². The first-order valence-electron chi connectivity index (χ1n) is 8.16. The monoisotopic (exact) mass is 330 g/mol. The lowest BCUT2D eigenvalue weighted by atomic mass is 9.84. The Morgan fingerprint density at radius 3 is 2.46 bits per heavy atom. The predicted molar refractivity (Wildman–Crippen MR) is 85.9 cm³/mol. The second-order valence-electron chi connectivity index (χ2n) is 6.65. The summed E-state index contributed by atoms with van der Waals surface area (Å²) in [5, 5.41) is 13.8. The average Bonchev–Trinajstić information content (AvgIpc) is 3.18. The van der Waals surface area contributed by atoms with Crippen molar-refractivity contribution >= 4 is 11.7 Å². The van der Waals surface area contributed by atoms with Gasteiger partial charge in [-0.3, -0.25) is 0 Å². The maximum Gasteiger partial charge on any atom is 0.322 e. The summed E-state index contributed by atoms with van der Waals surface area (Å²) >= 11 is 0. The van der Waals surface area contributed by atoms with Gasteiger partial charge in [0.15, 0.2) is 0 Å². The molecule has 126 valence electrons. The fourth-order valence-corrected chi connectivity index (χ4v) is 4.02. The van der Waals surface area contributed by atoms with Crippen molar-refractivity contribution in [2.24, 2.45) is 0 Å². The Hall–Kier alpha value is -2.34. The molecule has 2 bridgehead atoms. The van der Waals surface area contributed by atoms with Crippen LogP contribution in [0.15, 0.2) is 47.1 Å². The molecule has 0 radical (unpaired) electrons. The molecular formula is C18H19FN2O3. The van der Waals surface area contributed by atoms with Gasteiger partial charge in [-0.05, 0) is 49.2 Å². The van der Waals surface area contributed by atoms with Crippen LogP contribution >= 0.6 is 0 Å². The topological polar surface area (TPSA) is 65.7 Å². The fourth-order valence-electron chi connectivity index (χ4n) is 4.02. The van der Waals surface area contributed by atoms with E-state index in [1.54, 1.807) is 18.4 Å². The van der Waals surface area contributed by atoms with E-state index >= 15 is 0 Å². The maximum atomic E-state index is 13.0. The van der Waals surface area contributed by atoms with Crippen LogP contribution in [0.25, 0.3) is 0 Å². The minimum Gasteiger partial charge on any atom is -0.466 e. The predicted octanol–water partition coefficient (Wildman–Crippen LogP) is 3.47. The Morgan fingerprint density at radius 2 is 1.88 bits per heavy atom. The summed E-state index contributed by atoms with van der Waals surface area (Å²) in [6.07, 6.45) is 4.22. The van der Waals surface area contributed by atoms with E-state index in [0.29, 0.717) is 24.3 Å². The zero-order valence-electron chi connectivity index (χ0n) is 13.1. The van der Waals surface area contributed by atoms with Gasteiger partial charge in [0.05, 0.1) is 6.26 Å². The maximum absolute atomic E-state index is 13.0. The number of fused-ring (bicyclic) bond motifs is 2. The second kappa shape index (κ2) is 5.63. The number of carbonyl (C=O) groups is 1.